The van der Waals surface area contributed by atoms with Crippen LogP contribution in [-0.2, 0) is 56.2 Å². The summed E-state index contributed by atoms with van der Waals surface area (Å²) in [5.41, 5.74) is -0.673. The molecule has 3 N–H and O–H groups in total. The van der Waals surface area contributed by atoms with E-state index >= 15 is 0 Å². The summed E-state index contributed by atoms with van der Waals surface area (Å²) < 4.78 is 149. The Balaban J connectivity index is 1.45. The summed E-state index contributed by atoms with van der Waals surface area (Å²) in [5, 5.41) is 0. The van der Waals surface area contributed by atoms with Crippen molar-refractivity contribution in [3.63, 3.8) is 0 Å². The second-order valence-corrected chi connectivity index (χ2v) is 24.5. The van der Waals surface area contributed by atoms with Gasteiger partial charge in [0.25, 0.3) is 0 Å². The molecule has 0 aliphatic rings. The van der Waals surface area contributed by atoms with E-state index < -0.39 is 51.7 Å². The molecule has 0 amide bonds. The molecule has 17 nitrogen and oxygen atoms in total. The van der Waals surface area contributed by atoms with E-state index in [2.05, 4.69) is 14.2 Å². The average Bonchev–Trinajstić information content (AvgIpc) is 3.40. The molecular weight excluding hydrogens is 1020 g/mol. The van der Waals surface area contributed by atoms with Crippen molar-refractivity contribution in [3.8, 4) is 17.2 Å². The Morgan fingerprint density at radius 2 is 0.959 bits per heavy atom. The summed E-state index contributed by atoms with van der Waals surface area (Å²) in [6.45, 7) is 0.751. The SMILES string of the molecule is COc1ccc(S(=O)(=O)NCCCCN(CC(CCCCCCOCc2ccccc2)C(CCCCNS(=O)(=O)c2ccccc2)(NS(=O)(=O)c2ccc(OC)cc2)OC)S(=O)(=O)c2ccc(OC)cc2)cc1. The fourth-order valence-electron chi connectivity index (χ4n) is 8.19. The molecule has 0 saturated carbocycles. The zero-order chi connectivity index (χ0) is 52.8. The van der Waals surface area contributed by atoms with E-state index in [-0.39, 0.29) is 77.9 Å². The van der Waals surface area contributed by atoms with Gasteiger partial charge >= 0.3 is 0 Å². The minimum Gasteiger partial charge on any atom is -0.497 e. The summed E-state index contributed by atoms with van der Waals surface area (Å²) in [5.74, 6) is 0.542. The molecule has 400 valence electrons. The van der Waals surface area contributed by atoms with Crippen LogP contribution in [0.1, 0.15) is 69.8 Å². The lowest BCUT2D eigenvalue weighted by atomic mass is 9.86. The van der Waals surface area contributed by atoms with Crippen molar-refractivity contribution in [1.29, 1.82) is 0 Å². The normalized spacial score (nSPS) is 13.6. The van der Waals surface area contributed by atoms with Gasteiger partial charge in [0.05, 0.1) is 47.5 Å². The van der Waals surface area contributed by atoms with Gasteiger partial charge in [-0.05, 0) is 135 Å². The zero-order valence-corrected chi connectivity index (χ0v) is 45.2. The standard InChI is InChI=1S/C52H70N4O13S4/c1-65-45-24-30-49(31-25-45)71(59,60)54-38-16-17-39-56(73(63,64)51-34-28-47(67-3)29-35-51)41-44(21-11-5-6-18-40-69-42-43-19-9-7-10-20-43)52(68-4,55-72(61,62)50-32-26-46(66-2)27-33-50)36-14-15-37-53-70(57,58)48-22-12-8-13-23-48/h7-10,12-13,19-20,22-35,44,53-55H,5-6,11,14-18,21,36-42H2,1-4H3. The lowest BCUT2D eigenvalue weighted by Gasteiger charge is -2.42. The Morgan fingerprint density at radius 3 is 1.48 bits per heavy atom. The molecule has 0 fully saturated rings. The number of hydrogen-bond donors (Lipinski definition) is 3. The molecule has 5 aromatic rings. The van der Waals surface area contributed by atoms with Crippen molar-refractivity contribution >= 4 is 40.1 Å². The van der Waals surface area contributed by atoms with E-state index in [1.54, 1.807) is 30.3 Å². The number of hydrogen-bond acceptors (Lipinski definition) is 13. The van der Waals surface area contributed by atoms with E-state index in [1.165, 1.54) is 106 Å². The lowest BCUT2D eigenvalue weighted by molar-refractivity contribution is -0.0829. The molecular formula is C52H70N4O13S4. The Kier molecular flexibility index (Phi) is 23.1. The minimum atomic E-state index is -4.38. The van der Waals surface area contributed by atoms with Crippen LogP contribution in [0.5, 0.6) is 17.2 Å². The topological polar surface area (TPSA) is 222 Å². The number of ether oxygens (including phenoxy) is 5. The van der Waals surface area contributed by atoms with Crippen molar-refractivity contribution in [2.24, 2.45) is 5.92 Å². The fraction of sp³-hybridized carbons (Fsp3) is 0.423. The van der Waals surface area contributed by atoms with Gasteiger partial charge in [0.2, 0.25) is 40.1 Å². The van der Waals surface area contributed by atoms with Crippen LogP contribution in [0.3, 0.4) is 0 Å². The zero-order valence-electron chi connectivity index (χ0n) is 42.0. The van der Waals surface area contributed by atoms with Gasteiger partial charge in [0.15, 0.2) is 0 Å². The number of unbranched alkanes of at least 4 members (excludes halogenated alkanes) is 5. The molecule has 0 aliphatic heterocycles. The Hall–Kier alpha value is -4.94. The Morgan fingerprint density at radius 1 is 0.493 bits per heavy atom. The molecule has 0 aliphatic carbocycles. The number of sulfonamides is 4. The first-order chi connectivity index (χ1) is 35.0. The van der Waals surface area contributed by atoms with Gasteiger partial charge < -0.3 is 23.7 Å². The maximum atomic E-state index is 14.9. The van der Waals surface area contributed by atoms with Gasteiger partial charge in [-0.3, -0.25) is 0 Å². The predicted octanol–water partition coefficient (Wildman–Crippen LogP) is 7.72. The smallest absolute Gasteiger partial charge is 0.243 e. The van der Waals surface area contributed by atoms with Crippen molar-refractivity contribution in [2.75, 3.05) is 61.2 Å². The second-order valence-electron chi connectivity index (χ2n) is 17.3. The largest absolute Gasteiger partial charge is 0.497 e. The van der Waals surface area contributed by atoms with Crippen molar-refractivity contribution < 1.29 is 57.4 Å². The van der Waals surface area contributed by atoms with Crippen LogP contribution in [-0.4, -0.2) is 105 Å². The van der Waals surface area contributed by atoms with E-state index in [9.17, 15) is 33.7 Å². The molecule has 73 heavy (non-hydrogen) atoms. The summed E-state index contributed by atoms with van der Waals surface area (Å²) in [4.78, 5) is 0.0277. The van der Waals surface area contributed by atoms with Crippen molar-refractivity contribution in [3.05, 3.63) is 139 Å². The summed E-state index contributed by atoms with van der Waals surface area (Å²) in [6.07, 6.45) is 4.12. The summed E-state index contributed by atoms with van der Waals surface area (Å²) in [6, 6.07) is 35.5. The minimum absolute atomic E-state index is 0.000967. The summed E-state index contributed by atoms with van der Waals surface area (Å²) >= 11 is 0. The van der Waals surface area contributed by atoms with Crippen LogP contribution in [0, 0.1) is 5.92 Å². The highest BCUT2D eigenvalue weighted by molar-refractivity contribution is 7.90. The van der Waals surface area contributed by atoms with Gasteiger partial charge in [0.1, 0.15) is 23.0 Å². The first-order valence-electron chi connectivity index (χ1n) is 24.2. The summed E-state index contributed by atoms with van der Waals surface area (Å²) in [7, 11) is -10.6. The monoisotopic (exact) mass is 1090 g/mol. The second kappa shape index (κ2) is 28.7. The van der Waals surface area contributed by atoms with Gasteiger partial charge in [-0.15, -0.1) is 0 Å². The molecule has 0 aromatic heterocycles. The third kappa shape index (κ3) is 17.9. The fourth-order valence-corrected chi connectivity index (χ4v) is 13.3. The van der Waals surface area contributed by atoms with Gasteiger partial charge in [0, 0.05) is 45.8 Å². The maximum Gasteiger partial charge on any atom is 0.243 e. The number of nitrogens with zero attached hydrogens (tertiary/aromatic N) is 1. The van der Waals surface area contributed by atoms with Crippen LogP contribution >= 0.6 is 0 Å². The van der Waals surface area contributed by atoms with Crippen molar-refractivity contribution in [1.82, 2.24) is 18.5 Å². The number of nitrogens with one attached hydrogen (secondary N) is 3. The third-order valence-electron chi connectivity index (χ3n) is 12.3. The van der Waals surface area contributed by atoms with Crippen LogP contribution < -0.4 is 28.4 Å². The quantitative estimate of drug-likeness (QED) is 0.0262. The van der Waals surface area contributed by atoms with E-state index in [0.29, 0.717) is 49.7 Å². The molecule has 0 saturated heterocycles. The highest BCUT2D eigenvalue weighted by Crippen LogP contribution is 2.35. The Bertz CT molecular complexity index is 2860. The van der Waals surface area contributed by atoms with Gasteiger partial charge in [-0.25, -0.2) is 43.1 Å². The Labute approximate surface area is 433 Å². The molecule has 2 unspecified atom stereocenters. The van der Waals surface area contributed by atoms with Crippen molar-refractivity contribution in [2.45, 2.75) is 96.1 Å². The number of methoxy groups -OCH3 is 4. The van der Waals surface area contributed by atoms with E-state index in [4.69, 9.17) is 23.7 Å². The number of rotatable bonds is 35. The molecule has 0 bridgehead atoms. The lowest BCUT2D eigenvalue weighted by Crippen LogP contribution is -2.58. The molecule has 0 radical (unpaired) electrons. The molecule has 5 aromatic carbocycles. The van der Waals surface area contributed by atoms with Gasteiger partial charge in [-0.2, -0.15) is 9.03 Å². The predicted molar refractivity (Wildman–Crippen MR) is 280 cm³/mol. The highest BCUT2D eigenvalue weighted by Gasteiger charge is 2.44. The number of benzene rings is 5. The maximum absolute atomic E-state index is 14.9. The van der Waals surface area contributed by atoms with Gasteiger partial charge in [-0.1, -0.05) is 67.8 Å². The van der Waals surface area contributed by atoms with Crippen LogP contribution in [0.15, 0.2) is 153 Å². The molecule has 0 spiro atoms. The molecule has 0 heterocycles. The molecule has 21 heteroatoms. The first-order valence-corrected chi connectivity index (χ1v) is 30.0. The van der Waals surface area contributed by atoms with Crippen LogP contribution in [0.4, 0.5) is 0 Å². The third-order valence-corrected chi connectivity index (χ3v) is 18.7. The molecule has 5 rings (SSSR count). The van der Waals surface area contributed by atoms with E-state index in [1.807, 2.05) is 30.3 Å². The van der Waals surface area contributed by atoms with E-state index in [0.717, 1.165) is 18.4 Å². The average molecular weight is 1090 g/mol. The van der Waals surface area contributed by atoms with Crippen LogP contribution in [0.2, 0.25) is 0 Å². The first kappa shape index (κ1) is 58.9. The molecule has 2 atom stereocenters. The highest BCUT2D eigenvalue weighted by atomic mass is 32.2. The van der Waals surface area contributed by atoms with Crippen LogP contribution in [0.25, 0.3) is 0 Å².